The molecule has 5 nitrogen and oxygen atoms in total. The van der Waals surface area contributed by atoms with E-state index in [4.69, 9.17) is 4.74 Å². The Morgan fingerprint density at radius 1 is 1.11 bits per heavy atom. The Labute approximate surface area is 159 Å². The van der Waals surface area contributed by atoms with E-state index in [9.17, 15) is 9.59 Å². The van der Waals surface area contributed by atoms with Gasteiger partial charge in [0.25, 0.3) is 5.91 Å². The molecule has 2 aromatic rings. The molecule has 4 rings (SSSR count). The molecule has 0 bridgehead atoms. The first-order valence-electron chi connectivity index (χ1n) is 9.30. The molecule has 0 N–H and O–H groups in total. The molecule has 2 heterocycles. The van der Waals surface area contributed by atoms with Gasteiger partial charge in [-0.05, 0) is 49.2 Å². The van der Waals surface area contributed by atoms with Crippen molar-refractivity contribution in [1.29, 1.82) is 0 Å². The van der Waals surface area contributed by atoms with Crippen LogP contribution in [0.25, 0.3) is 0 Å². The fourth-order valence-electron chi connectivity index (χ4n) is 4.25. The van der Waals surface area contributed by atoms with Gasteiger partial charge in [0.15, 0.2) is 0 Å². The van der Waals surface area contributed by atoms with Crippen molar-refractivity contribution in [3.8, 4) is 5.75 Å². The second-order valence-corrected chi connectivity index (χ2v) is 7.70. The van der Waals surface area contributed by atoms with Gasteiger partial charge in [-0.2, -0.15) is 0 Å². The van der Waals surface area contributed by atoms with Gasteiger partial charge in [0, 0.05) is 42.7 Å². The van der Waals surface area contributed by atoms with Gasteiger partial charge in [-0.1, -0.05) is 18.2 Å². The molecule has 0 aliphatic carbocycles. The van der Waals surface area contributed by atoms with Gasteiger partial charge in [0.1, 0.15) is 5.75 Å². The minimum absolute atomic E-state index is 0.00669. The van der Waals surface area contributed by atoms with Crippen LogP contribution < -0.4 is 9.64 Å². The number of aryl methyl sites for hydroxylation is 1. The monoisotopic (exact) mass is 364 g/mol. The first-order chi connectivity index (χ1) is 13.0. The van der Waals surface area contributed by atoms with E-state index in [0.29, 0.717) is 37.4 Å². The van der Waals surface area contributed by atoms with Crippen molar-refractivity contribution in [2.24, 2.45) is 5.41 Å². The van der Waals surface area contributed by atoms with Crippen LogP contribution in [-0.4, -0.2) is 43.5 Å². The third-order valence-electron chi connectivity index (χ3n) is 5.68. The highest BCUT2D eigenvalue weighted by Crippen LogP contribution is 2.42. The summed E-state index contributed by atoms with van der Waals surface area (Å²) in [6.45, 7) is 4.02. The molecule has 27 heavy (non-hydrogen) atoms. The number of likely N-dealkylation sites (tertiary alicyclic amines) is 1. The zero-order valence-electron chi connectivity index (χ0n) is 15.8. The summed E-state index contributed by atoms with van der Waals surface area (Å²) in [5.74, 6) is 0.833. The molecule has 0 saturated carbocycles. The lowest BCUT2D eigenvalue weighted by molar-refractivity contribution is -0.117. The molecule has 2 fully saturated rings. The summed E-state index contributed by atoms with van der Waals surface area (Å²) in [6.07, 6.45) is 1.36. The molecule has 2 aliphatic rings. The van der Waals surface area contributed by atoms with Gasteiger partial charge < -0.3 is 14.5 Å². The smallest absolute Gasteiger partial charge is 0.254 e. The van der Waals surface area contributed by atoms with Crippen molar-refractivity contribution in [2.45, 2.75) is 19.8 Å². The maximum atomic E-state index is 12.9. The topological polar surface area (TPSA) is 49.9 Å². The summed E-state index contributed by atoms with van der Waals surface area (Å²) in [7, 11) is 1.60. The normalized spacial score (nSPS) is 21.9. The Kier molecular flexibility index (Phi) is 4.38. The van der Waals surface area contributed by atoms with E-state index in [-0.39, 0.29) is 17.2 Å². The average molecular weight is 364 g/mol. The van der Waals surface area contributed by atoms with Gasteiger partial charge in [-0.15, -0.1) is 0 Å². The predicted octanol–water partition coefficient (Wildman–Crippen LogP) is 3.27. The number of ether oxygens (including phenoxy) is 1. The van der Waals surface area contributed by atoms with Crippen LogP contribution in [0.1, 0.15) is 28.8 Å². The van der Waals surface area contributed by atoms with E-state index in [1.807, 2.05) is 59.2 Å². The molecule has 1 spiro atoms. The largest absolute Gasteiger partial charge is 0.497 e. The van der Waals surface area contributed by atoms with E-state index in [1.54, 1.807) is 13.2 Å². The van der Waals surface area contributed by atoms with Gasteiger partial charge >= 0.3 is 0 Å². The summed E-state index contributed by atoms with van der Waals surface area (Å²) < 4.78 is 5.23. The maximum Gasteiger partial charge on any atom is 0.254 e. The number of nitrogens with zero attached hydrogens (tertiary/aromatic N) is 2. The third kappa shape index (κ3) is 3.29. The highest BCUT2D eigenvalue weighted by Gasteiger charge is 2.48. The van der Waals surface area contributed by atoms with Gasteiger partial charge in [-0.3, -0.25) is 9.59 Å². The fraction of sp³-hybridized carbons (Fsp3) is 0.364. The molecule has 5 heteroatoms. The number of carbonyl (C=O) groups excluding carboxylic acids is 2. The van der Waals surface area contributed by atoms with Gasteiger partial charge in [0.2, 0.25) is 5.91 Å². The summed E-state index contributed by atoms with van der Waals surface area (Å²) >= 11 is 0. The Balaban J connectivity index is 1.50. The zero-order chi connectivity index (χ0) is 19.0. The Bertz CT molecular complexity index is 895. The van der Waals surface area contributed by atoms with Crippen molar-refractivity contribution in [3.63, 3.8) is 0 Å². The molecular weight excluding hydrogens is 340 g/mol. The van der Waals surface area contributed by atoms with Crippen LogP contribution in [0.4, 0.5) is 5.69 Å². The number of methoxy groups -OCH3 is 1. The lowest BCUT2D eigenvalue weighted by Gasteiger charge is -2.24. The number of rotatable bonds is 3. The number of benzene rings is 2. The molecule has 1 atom stereocenters. The van der Waals surface area contributed by atoms with Crippen molar-refractivity contribution >= 4 is 17.5 Å². The number of carbonyl (C=O) groups is 2. The number of hydrogen-bond acceptors (Lipinski definition) is 3. The second kappa shape index (κ2) is 6.72. The van der Waals surface area contributed by atoms with E-state index in [2.05, 4.69) is 0 Å². The van der Waals surface area contributed by atoms with Crippen molar-refractivity contribution < 1.29 is 14.3 Å². The van der Waals surface area contributed by atoms with Gasteiger partial charge in [-0.25, -0.2) is 0 Å². The predicted molar refractivity (Wildman–Crippen MR) is 104 cm³/mol. The van der Waals surface area contributed by atoms with Crippen LogP contribution in [-0.2, 0) is 4.79 Å². The Hall–Kier alpha value is -2.82. The van der Waals surface area contributed by atoms with Crippen molar-refractivity contribution in [1.82, 2.24) is 4.90 Å². The molecular formula is C22H24N2O3. The molecule has 0 radical (unpaired) electrons. The minimum atomic E-state index is -0.143. The lowest BCUT2D eigenvalue weighted by Crippen LogP contribution is -2.34. The van der Waals surface area contributed by atoms with Crippen LogP contribution >= 0.6 is 0 Å². The van der Waals surface area contributed by atoms with Crippen molar-refractivity contribution in [2.75, 3.05) is 31.6 Å². The Morgan fingerprint density at radius 3 is 2.70 bits per heavy atom. The van der Waals surface area contributed by atoms with Crippen LogP contribution in [0.2, 0.25) is 0 Å². The summed E-state index contributed by atoms with van der Waals surface area (Å²) in [4.78, 5) is 29.3. The highest BCUT2D eigenvalue weighted by molar-refractivity contribution is 5.97. The molecule has 2 aromatic carbocycles. The lowest BCUT2D eigenvalue weighted by atomic mass is 9.86. The van der Waals surface area contributed by atoms with Crippen LogP contribution in [0, 0.1) is 12.3 Å². The third-order valence-corrected chi connectivity index (χ3v) is 5.68. The van der Waals surface area contributed by atoms with E-state index < -0.39 is 0 Å². The van der Waals surface area contributed by atoms with Gasteiger partial charge in [0.05, 0.1) is 7.11 Å². The summed E-state index contributed by atoms with van der Waals surface area (Å²) in [5.41, 5.74) is 2.58. The first-order valence-corrected chi connectivity index (χ1v) is 9.30. The standard InChI is InChI=1S/C22H24N2O3/c1-16-5-3-7-18(11-16)24-15-22(13-20(24)25)9-10-23(14-22)21(26)17-6-4-8-19(12-17)27-2/h3-8,11-12H,9-10,13-15H2,1-2H3/t22-/m1/s1. The molecule has 2 saturated heterocycles. The zero-order valence-corrected chi connectivity index (χ0v) is 15.8. The highest BCUT2D eigenvalue weighted by atomic mass is 16.5. The first kappa shape index (κ1) is 17.6. The molecule has 2 aliphatic heterocycles. The number of anilines is 1. The number of amides is 2. The van der Waals surface area contributed by atoms with Crippen LogP contribution in [0.5, 0.6) is 5.75 Å². The molecule has 0 unspecified atom stereocenters. The molecule has 0 aromatic heterocycles. The van der Waals surface area contributed by atoms with E-state index in [0.717, 1.165) is 17.7 Å². The van der Waals surface area contributed by atoms with E-state index >= 15 is 0 Å². The van der Waals surface area contributed by atoms with E-state index in [1.165, 1.54) is 0 Å². The summed E-state index contributed by atoms with van der Waals surface area (Å²) in [6, 6.07) is 15.3. The Morgan fingerprint density at radius 2 is 1.93 bits per heavy atom. The number of hydrogen-bond donors (Lipinski definition) is 0. The fourth-order valence-corrected chi connectivity index (χ4v) is 4.25. The summed E-state index contributed by atoms with van der Waals surface area (Å²) in [5, 5.41) is 0. The molecule has 140 valence electrons. The second-order valence-electron chi connectivity index (χ2n) is 7.70. The van der Waals surface area contributed by atoms with Crippen LogP contribution in [0.15, 0.2) is 48.5 Å². The SMILES string of the molecule is COc1cccc(C(=O)N2CC[C@@]3(CC(=O)N(c4cccc(C)c4)C3)C2)c1. The maximum absolute atomic E-state index is 12.9. The van der Waals surface area contributed by atoms with Crippen LogP contribution in [0.3, 0.4) is 0 Å². The van der Waals surface area contributed by atoms with Crippen molar-refractivity contribution in [3.05, 3.63) is 59.7 Å². The quantitative estimate of drug-likeness (QED) is 0.840. The minimum Gasteiger partial charge on any atom is -0.497 e. The molecule has 2 amide bonds. The average Bonchev–Trinajstić information content (AvgIpc) is 3.24.